The molecule has 3 amide bonds. The molecule has 1 atom stereocenters. The summed E-state index contributed by atoms with van der Waals surface area (Å²) in [6.07, 6.45) is 4.29. The molecule has 3 rings (SSSR count). The van der Waals surface area contributed by atoms with Crippen LogP contribution < -0.4 is 10.6 Å². The normalized spacial score (nSPS) is 15.8. The van der Waals surface area contributed by atoms with Crippen molar-refractivity contribution in [3.05, 3.63) is 72.3 Å². The second kappa shape index (κ2) is 11.3. The molecule has 6 heteroatoms. The van der Waals surface area contributed by atoms with E-state index in [1.807, 2.05) is 67.3 Å². The van der Waals surface area contributed by atoms with Crippen LogP contribution in [0.15, 0.2) is 66.7 Å². The number of anilines is 1. The summed E-state index contributed by atoms with van der Waals surface area (Å²) in [6, 6.07) is 18.6. The Morgan fingerprint density at radius 3 is 2.16 bits per heavy atom. The van der Waals surface area contributed by atoms with E-state index in [-0.39, 0.29) is 17.9 Å². The summed E-state index contributed by atoms with van der Waals surface area (Å²) in [5, 5.41) is 5.65. The van der Waals surface area contributed by atoms with Crippen molar-refractivity contribution in [2.24, 2.45) is 5.92 Å². The van der Waals surface area contributed by atoms with Crippen LogP contribution in [-0.2, 0) is 4.79 Å². The van der Waals surface area contributed by atoms with Crippen molar-refractivity contribution in [1.82, 2.24) is 15.1 Å². The molecular formula is C25H32N4O2. The maximum absolute atomic E-state index is 13.1. The Hall–Kier alpha value is -3.12. The summed E-state index contributed by atoms with van der Waals surface area (Å²) < 4.78 is 0. The van der Waals surface area contributed by atoms with Crippen LogP contribution >= 0.6 is 0 Å². The number of nitrogens with zero attached hydrogens (tertiary/aromatic N) is 2. The van der Waals surface area contributed by atoms with Crippen LogP contribution in [0.4, 0.5) is 10.5 Å². The van der Waals surface area contributed by atoms with Crippen molar-refractivity contribution in [1.29, 1.82) is 0 Å². The largest absolute Gasteiger partial charge is 0.338 e. The maximum atomic E-state index is 13.1. The van der Waals surface area contributed by atoms with E-state index in [1.165, 1.54) is 5.56 Å². The van der Waals surface area contributed by atoms with E-state index in [1.54, 1.807) is 0 Å². The first-order valence-corrected chi connectivity index (χ1v) is 10.9. The summed E-state index contributed by atoms with van der Waals surface area (Å²) in [7, 11) is 0. The van der Waals surface area contributed by atoms with Crippen LogP contribution in [0.25, 0.3) is 6.08 Å². The Labute approximate surface area is 184 Å². The first-order chi connectivity index (χ1) is 15.0. The van der Waals surface area contributed by atoms with E-state index in [0.717, 1.165) is 19.6 Å². The molecule has 31 heavy (non-hydrogen) atoms. The molecule has 0 radical (unpaired) electrons. The van der Waals surface area contributed by atoms with Gasteiger partial charge < -0.3 is 15.5 Å². The Bertz CT molecular complexity index is 860. The standard InChI is InChI=1S/C25H32N4O2/c1-20(2)23(27-25(31)26-22-13-7-4-8-14-22)24(30)29-18-16-28(17-19-29)15-9-12-21-10-5-3-6-11-21/h3-14,20,23H,15-19H2,1-2H3,(H2,26,27,31)/b12-9+. The smallest absolute Gasteiger partial charge is 0.319 e. The Balaban J connectivity index is 1.48. The van der Waals surface area contributed by atoms with Crippen LogP contribution in [0.5, 0.6) is 0 Å². The van der Waals surface area contributed by atoms with Gasteiger partial charge in [0.15, 0.2) is 0 Å². The van der Waals surface area contributed by atoms with Gasteiger partial charge in [0.25, 0.3) is 0 Å². The van der Waals surface area contributed by atoms with Gasteiger partial charge in [0.1, 0.15) is 6.04 Å². The van der Waals surface area contributed by atoms with Gasteiger partial charge in [-0.05, 0) is 23.6 Å². The zero-order valence-electron chi connectivity index (χ0n) is 18.3. The minimum Gasteiger partial charge on any atom is -0.338 e. The molecular weight excluding hydrogens is 388 g/mol. The molecule has 0 saturated carbocycles. The van der Waals surface area contributed by atoms with Crippen LogP contribution in [0.2, 0.25) is 0 Å². The number of urea groups is 1. The highest BCUT2D eigenvalue weighted by atomic mass is 16.2. The van der Waals surface area contributed by atoms with E-state index < -0.39 is 6.04 Å². The fourth-order valence-corrected chi connectivity index (χ4v) is 3.59. The van der Waals surface area contributed by atoms with Crippen LogP contribution in [-0.4, -0.2) is 60.5 Å². The van der Waals surface area contributed by atoms with Gasteiger partial charge in [-0.1, -0.05) is 74.5 Å². The fraction of sp³-hybridized carbons (Fsp3) is 0.360. The molecule has 2 aromatic rings. The van der Waals surface area contributed by atoms with Gasteiger partial charge in [0, 0.05) is 38.4 Å². The minimum atomic E-state index is -0.548. The number of hydrogen-bond donors (Lipinski definition) is 2. The summed E-state index contributed by atoms with van der Waals surface area (Å²) in [5.74, 6) is -0.0152. The molecule has 0 spiro atoms. The highest BCUT2D eigenvalue weighted by Gasteiger charge is 2.30. The Morgan fingerprint density at radius 2 is 1.55 bits per heavy atom. The van der Waals surface area contributed by atoms with E-state index in [9.17, 15) is 9.59 Å². The van der Waals surface area contributed by atoms with Gasteiger partial charge >= 0.3 is 6.03 Å². The monoisotopic (exact) mass is 420 g/mol. The molecule has 1 unspecified atom stereocenters. The van der Waals surface area contributed by atoms with Crippen LogP contribution in [0.3, 0.4) is 0 Å². The molecule has 2 aromatic carbocycles. The van der Waals surface area contributed by atoms with Crippen molar-refractivity contribution >= 4 is 23.7 Å². The average Bonchev–Trinajstić information content (AvgIpc) is 2.79. The number of amides is 3. The summed E-state index contributed by atoms with van der Waals surface area (Å²) in [4.78, 5) is 29.7. The molecule has 1 saturated heterocycles. The van der Waals surface area contributed by atoms with Crippen molar-refractivity contribution < 1.29 is 9.59 Å². The van der Waals surface area contributed by atoms with Gasteiger partial charge in [0.2, 0.25) is 5.91 Å². The molecule has 1 aliphatic rings. The number of carbonyl (C=O) groups excluding carboxylic acids is 2. The van der Waals surface area contributed by atoms with E-state index in [0.29, 0.717) is 18.8 Å². The Morgan fingerprint density at radius 1 is 0.935 bits per heavy atom. The third kappa shape index (κ3) is 6.96. The van der Waals surface area contributed by atoms with Crippen molar-refractivity contribution in [2.75, 3.05) is 38.0 Å². The SMILES string of the molecule is CC(C)C(NC(=O)Nc1ccccc1)C(=O)N1CCN(C/C=C/c2ccccc2)CC1. The topological polar surface area (TPSA) is 64.7 Å². The lowest BCUT2D eigenvalue weighted by molar-refractivity contribution is -0.135. The van der Waals surface area contributed by atoms with Crippen LogP contribution in [0.1, 0.15) is 19.4 Å². The summed E-state index contributed by atoms with van der Waals surface area (Å²) in [6.45, 7) is 7.76. The average molecular weight is 421 g/mol. The maximum Gasteiger partial charge on any atom is 0.319 e. The lowest BCUT2D eigenvalue weighted by Gasteiger charge is -2.37. The summed E-state index contributed by atoms with van der Waals surface area (Å²) >= 11 is 0. The second-order valence-electron chi connectivity index (χ2n) is 8.13. The highest BCUT2D eigenvalue weighted by Crippen LogP contribution is 2.11. The van der Waals surface area contributed by atoms with E-state index >= 15 is 0 Å². The molecule has 6 nitrogen and oxygen atoms in total. The quantitative estimate of drug-likeness (QED) is 0.718. The van der Waals surface area contributed by atoms with Crippen LogP contribution in [0, 0.1) is 5.92 Å². The number of carbonyl (C=O) groups is 2. The third-order valence-corrected chi connectivity index (χ3v) is 5.41. The fourth-order valence-electron chi connectivity index (χ4n) is 3.59. The molecule has 0 aromatic heterocycles. The van der Waals surface area contributed by atoms with Crippen molar-refractivity contribution in [2.45, 2.75) is 19.9 Å². The number of hydrogen-bond acceptors (Lipinski definition) is 3. The van der Waals surface area contributed by atoms with Crippen molar-refractivity contribution in [3.63, 3.8) is 0 Å². The number of rotatable bonds is 7. The van der Waals surface area contributed by atoms with Gasteiger partial charge in [-0.2, -0.15) is 0 Å². The summed E-state index contributed by atoms with van der Waals surface area (Å²) in [5.41, 5.74) is 1.89. The number of nitrogens with one attached hydrogen (secondary N) is 2. The lowest BCUT2D eigenvalue weighted by Crippen LogP contribution is -2.56. The molecule has 1 heterocycles. The number of benzene rings is 2. The molecule has 1 aliphatic heterocycles. The van der Waals surface area contributed by atoms with Gasteiger partial charge in [0.05, 0.1) is 0 Å². The lowest BCUT2D eigenvalue weighted by atomic mass is 10.0. The first kappa shape index (κ1) is 22.6. The Kier molecular flexibility index (Phi) is 8.24. The molecule has 0 aliphatic carbocycles. The highest BCUT2D eigenvalue weighted by molar-refractivity contribution is 5.93. The van der Waals surface area contributed by atoms with Gasteiger partial charge in [-0.3, -0.25) is 9.69 Å². The molecule has 0 bridgehead atoms. The minimum absolute atomic E-state index is 0.000795. The second-order valence-corrected chi connectivity index (χ2v) is 8.13. The number of para-hydroxylation sites is 1. The van der Waals surface area contributed by atoms with E-state index in [4.69, 9.17) is 0 Å². The third-order valence-electron chi connectivity index (χ3n) is 5.41. The predicted octanol–water partition coefficient (Wildman–Crippen LogP) is 3.69. The zero-order chi connectivity index (χ0) is 22.1. The molecule has 2 N–H and O–H groups in total. The van der Waals surface area contributed by atoms with Gasteiger partial charge in [-0.25, -0.2) is 4.79 Å². The zero-order valence-corrected chi connectivity index (χ0v) is 18.3. The first-order valence-electron chi connectivity index (χ1n) is 10.9. The number of piperazine rings is 1. The molecule has 1 fully saturated rings. The predicted molar refractivity (Wildman–Crippen MR) is 126 cm³/mol. The van der Waals surface area contributed by atoms with Gasteiger partial charge in [-0.15, -0.1) is 0 Å². The molecule has 164 valence electrons. The van der Waals surface area contributed by atoms with E-state index in [2.05, 4.69) is 39.8 Å². The van der Waals surface area contributed by atoms with Crippen molar-refractivity contribution in [3.8, 4) is 0 Å².